The molecule has 0 spiro atoms. The van der Waals surface area contributed by atoms with Gasteiger partial charge in [0.25, 0.3) is 0 Å². The van der Waals surface area contributed by atoms with E-state index in [-0.39, 0.29) is 0 Å². The molecule has 1 aliphatic heterocycles. The van der Waals surface area contributed by atoms with Gasteiger partial charge in [0.05, 0.1) is 11.2 Å². The summed E-state index contributed by atoms with van der Waals surface area (Å²) in [6.07, 6.45) is 4.55. The lowest BCUT2D eigenvalue weighted by Gasteiger charge is -2.33. The minimum atomic E-state index is -0.728. The molecule has 0 aliphatic carbocycles. The summed E-state index contributed by atoms with van der Waals surface area (Å²) < 4.78 is 0. The molecule has 0 saturated carbocycles. The number of aliphatic carboxylic acids is 1. The second kappa shape index (κ2) is 9.65. The number of rotatable bonds is 6. The van der Waals surface area contributed by atoms with Crippen molar-refractivity contribution in [3.05, 3.63) is 90.1 Å². The van der Waals surface area contributed by atoms with Crippen molar-refractivity contribution < 1.29 is 9.90 Å². The Bertz CT molecular complexity index is 1320. The predicted molar refractivity (Wildman–Crippen MR) is 137 cm³/mol. The topological polar surface area (TPSA) is 65.5 Å². The van der Waals surface area contributed by atoms with E-state index >= 15 is 0 Å². The Morgan fingerprint density at radius 1 is 1.00 bits per heavy atom. The second-order valence-electron chi connectivity index (χ2n) is 8.96. The molecule has 4 aromatic rings. The number of aromatic nitrogens is 1. The minimum absolute atomic E-state index is 0.415. The largest absolute Gasteiger partial charge is 0.480 e. The van der Waals surface area contributed by atoms with Crippen LogP contribution in [0.5, 0.6) is 0 Å². The monoisotopic (exact) mass is 451 g/mol. The van der Waals surface area contributed by atoms with E-state index in [1.54, 1.807) is 0 Å². The van der Waals surface area contributed by atoms with Crippen molar-refractivity contribution in [1.29, 1.82) is 0 Å². The van der Waals surface area contributed by atoms with Crippen molar-refractivity contribution >= 4 is 28.2 Å². The van der Waals surface area contributed by atoms with Gasteiger partial charge in [-0.15, -0.1) is 0 Å². The number of para-hydroxylation sites is 1. The van der Waals surface area contributed by atoms with Crippen LogP contribution in [0.4, 0.5) is 11.4 Å². The summed E-state index contributed by atoms with van der Waals surface area (Å²) in [7, 11) is 0. The third kappa shape index (κ3) is 4.39. The van der Waals surface area contributed by atoms with Gasteiger partial charge in [0, 0.05) is 23.8 Å². The number of fused-ring (bicyclic) bond motifs is 1. The fourth-order valence-electron chi connectivity index (χ4n) is 5.00. The summed E-state index contributed by atoms with van der Waals surface area (Å²) in [5.74, 6) is -0.728. The maximum Gasteiger partial charge on any atom is 0.320 e. The Hall–Kier alpha value is -3.70. The quantitative estimate of drug-likeness (QED) is 0.355. The minimum Gasteiger partial charge on any atom is -0.480 e. The molecule has 5 rings (SSSR count). The van der Waals surface area contributed by atoms with Gasteiger partial charge in [0.1, 0.15) is 6.04 Å². The molecule has 0 amide bonds. The van der Waals surface area contributed by atoms with E-state index < -0.39 is 12.0 Å². The van der Waals surface area contributed by atoms with Crippen molar-refractivity contribution in [2.75, 3.05) is 11.9 Å². The molecule has 0 bridgehead atoms. The summed E-state index contributed by atoms with van der Waals surface area (Å²) in [4.78, 5) is 18.6. The summed E-state index contributed by atoms with van der Waals surface area (Å²) in [6.45, 7) is 3.56. The van der Waals surface area contributed by atoms with Crippen LogP contribution < -0.4 is 5.32 Å². The molecule has 1 saturated heterocycles. The molecule has 1 aliphatic rings. The average Bonchev–Trinajstić information content (AvgIpc) is 2.86. The molecular formula is C29H29N3O2. The Kier molecular flexibility index (Phi) is 6.28. The number of piperidine rings is 1. The van der Waals surface area contributed by atoms with Crippen LogP contribution in [0.1, 0.15) is 30.4 Å². The lowest BCUT2D eigenvalue weighted by Crippen LogP contribution is -2.44. The zero-order chi connectivity index (χ0) is 23.5. The Morgan fingerprint density at radius 2 is 1.79 bits per heavy atom. The molecule has 2 N–H and O–H groups in total. The van der Waals surface area contributed by atoms with Crippen LogP contribution >= 0.6 is 0 Å². The summed E-state index contributed by atoms with van der Waals surface area (Å²) in [5.41, 5.74) is 7.56. The van der Waals surface area contributed by atoms with Gasteiger partial charge >= 0.3 is 5.97 Å². The number of likely N-dealkylation sites (tertiary alicyclic amines) is 1. The SMILES string of the molecule is Cc1c(Nc2cccc3c(CN4CCCCC4C(=O)O)ccnc23)cccc1-c1ccccc1. The first-order valence-electron chi connectivity index (χ1n) is 11.9. The maximum atomic E-state index is 11.8. The molecule has 172 valence electrons. The molecule has 5 nitrogen and oxygen atoms in total. The molecule has 1 fully saturated rings. The van der Waals surface area contributed by atoms with Crippen molar-refractivity contribution in [2.24, 2.45) is 0 Å². The third-order valence-corrected chi connectivity index (χ3v) is 6.82. The van der Waals surface area contributed by atoms with Gasteiger partial charge in [-0.3, -0.25) is 14.7 Å². The molecule has 3 aromatic carbocycles. The van der Waals surface area contributed by atoms with E-state index in [9.17, 15) is 9.90 Å². The van der Waals surface area contributed by atoms with Crippen LogP contribution in [0.3, 0.4) is 0 Å². The normalized spacial score (nSPS) is 16.4. The van der Waals surface area contributed by atoms with E-state index in [0.29, 0.717) is 13.0 Å². The number of nitrogens with zero attached hydrogens (tertiary/aromatic N) is 2. The highest BCUT2D eigenvalue weighted by molar-refractivity contribution is 5.94. The number of hydrogen-bond donors (Lipinski definition) is 2. The van der Waals surface area contributed by atoms with Crippen molar-refractivity contribution in [3.63, 3.8) is 0 Å². The first-order chi connectivity index (χ1) is 16.6. The third-order valence-electron chi connectivity index (χ3n) is 6.82. The Labute approximate surface area is 200 Å². The van der Waals surface area contributed by atoms with Crippen LogP contribution in [0.15, 0.2) is 79.0 Å². The highest BCUT2D eigenvalue weighted by Crippen LogP contribution is 2.33. The first kappa shape index (κ1) is 22.1. The van der Waals surface area contributed by atoms with Gasteiger partial charge in [-0.1, -0.05) is 61.0 Å². The van der Waals surface area contributed by atoms with E-state index in [2.05, 4.69) is 71.7 Å². The highest BCUT2D eigenvalue weighted by Gasteiger charge is 2.28. The van der Waals surface area contributed by atoms with Crippen LogP contribution in [0, 0.1) is 6.92 Å². The number of hydrogen-bond acceptors (Lipinski definition) is 4. The zero-order valence-electron chi connectivity index (χ0n) is 19.4. The Balaban J connectivity index is 1.48. The fraction of sp³-hybridized carbons (Fsp3) is 0.241. The maximum absolute atomic E-state index is 11.8. The number of carboxylic acid groups (broad SMARTS) is 1. The molecule has 1 atom stereocenters. The molecule has 2 heterocycles. The molecule has 1 aromatic heterocycles. The lowest BCUT2D eigenvalue weighted by molar-refractivity contribution is -0.144. The fourth-order valence-corrected chi connectivity index (χ4v) is 5.00. The number of pyridine rings is 1. The second-order valence-corrected chi connectivity index (χ2v) is 8.96. The zero-order valence-corrected chi connectivity index (χ0v) is 19.4. The lowest BCUT2D eigenvalue weighted by atomic mass is 9.98. The van der Waals surface area contributed by atoms with Crippen molar-refractivity contribution in [3.8, 4) is 11.1 Å². The summed E-state index contributed by atoms with van der Waals surface area (Å²) in [6, 6.07) is 24.5. The number of anilines is 2. The molecule has 0 radical (unpaired) electrons. The van der Waals surface area contributed by atoms with Crippen LogP contribution in [-0.2, 0) is 11.3 Å². The van der Waals surface area contributed by atoms with E-state index in [1.165, 1.54) is 16.7 Å². The molecular weight excluding hydrogens is 422 g/mol. The van der Waals surface area contributed by atoms with Crippen LogP contribution in [0.25, 0.3) is 22.0 Å². The highest BCUT2D eigenvalue weighted by atomic mass is 16.4. The smallest absolute Gasteiger partial charge is 0.320 e. The van der Waals surface area contributed by atoms with Gasteiger partial charge in [-0.2, -0.15) is 0 Å². The number of carbonyl (C=O) groups is 1. The van der Waals surface area contributed by atoms with Gasteiger partial charge in [0.15, 0.2) is 0 Å². The van der Waals surface area contributed by atoms with Gasteiger partial charge in [0.2, 0.25) is 0 Å². The predicted octanol–water partition coefficient (Wildman–Crippen LogP) is 6.39. The van der Waals surface area contributed by atoms with Crippen LogP contribution in [-0.4, -0.2) is 33.5 Å². The summed E-state index contributed by atoms with van der Waals surface area (Å²) in [5, 5.41) is 14.3. The summed E-state index contributed by atoms with van der Waals surface area (Å²) >= 11 is 0. The number of nitrogens with one attached hydrogen (secondary N) is 1. The van der Waals surface area contributed by atoms with E-state index in [4.69, 9.17) is 4.98 Å². The number of carboxylic acids is 1. The number of benzene rings is 3. The van der Waals surface area contributed by atoms with Gasteiger partial charge < -0.3 is 10.4 Å². The molecule has 34 heavy (non-hydrogen) atoms. The Morgan fingerprint density at radius 3 is 2.62 bits per heavy atom. The first-order valence-corrected chi connectivity index (χ1v) is 11.9. The molecule has 1 unspecified atom stereocenters. The average molecular weight is 452 g/mol. The molecule has 5 heteroatoms. The van der Waals surface area contributed by atoms with Gasteiger partial charge in [-0.25, -0.2) is 0 Å². The van der Waals surface area contributed by atoms with Gasteiger partial charge in [-0.05, 0) is 66.8 Å². The van der Waals surface area contributed by atoms with Crippen molar-refractivity contribution in [2.45, 2.75) is 38.8 Å². The van der Waals surface area contributed by atoms with Crippen LogP contribution in [0.2, 0.25) is 0 Å². The van der Waals surface area contributed by atoms with Crippen molar-refractivity contribution in [1.82, 2.24) is 9.88 Å². The standard InChI is InChI=1S/C29H29N3O2/c1-20-23(21-9-3-2-4-10-21)11-7-13-25(20)31-26-14-8-12-24-22(16-17-30-28(24)26)19-32-18-6-5-15-27(32)29(33)34/h2-4,7-14,16-17,27,31H,5-6,15,18-19H2,1H3,(H,33,34). The van der Waals surface area contributed by atoms with E-state index in [0.717, 1.165) is 47.2 Å². The van der Waals surface area contributed by atoms with E-state index in [1.807, 2.05) is 24.4 Å².